The van der Waals surface area contributed by atoms with Gasteiger partial charge in [-0.1, -0.05) is 29.8 Å². The van der Waals surface area contributed by atoms with Crippen molar-refractivity contribution in [3.05, 3.63) is 62.1 Å². The van der Waals surface area contributed by atoms with Crippen LogP contribution >= 0.6 is 0 Å². The number of aryl methyl sites for hydroxylation is 3. The molecular formula is C20H24N4O3. The van der Waals surface area contributed by atoms with E-state index in [-0.39, 0.29) is 12.1 Å². The molecule has 7 nitrogen and oxygen atoms in total. The minimum absolute atomic E-state index is 0.215. The van der Waals surface area contributed by atoms with Crippen molar-refractivity contribution in [1.29, 1.82) is 0 Å². The third kappa shape index (κ3) is 3.12. The molecule has 0 radical (unpaired) electrons. The van der Waals surface area contributed by atoms with Crippen LogP contribution in [0.3, 0.4) is 0 Å². The third-order valence-corrected chi connectivity index (χ3v) is 5.51. The summed E-state index contributed by atoms with van der Waals surface area (Å²) in [6.07, 6.45) is 1.88. The van der Waals surface area contributed by atoms with E-state index in [0.29, 0.717) is 30.0 Å². The summed E-state index contributed by atoms with van der Waals surface area (Å²) in [5.74, 6) is 0.691. The molecule has 7 heteroatoms. The van der Waals surface area contributed by atoms with Gasteiger partial charge in [0, 0.05) is 20.1 Å². The highest BCUT2D eigenvalue weighted by Gasteiger charge is 2.40. The molecule has 1 fully saturated rings. The van der Waals surface area contributed by atoms with E-state index in [1.807, 2.05) is 42.7 Å². The minimum atomic E-state index is -0.711. The van der Waals surface area contributed by atoms with Gasteiger partial charge in [-0.3, -0.25) is 13.9 Å². The molecule has 3 aromatic rings. The lowest BCUT2D eigenvalue weighted by Gasteiger charge is -2.12. The molecule has 0 aliphatic heterocycles. The highest BCUT2D eigenvalue weighted by atomic mass is 16.3. The van der Waals surface area contributed by atoms with Crippen LogP contribution in [0.25, 0.3) is 11.2 Å². The van der Waals surface area contributed by atoms with Crippen molar-refractivity contribution >= 4 is 11.2 Å². The first-order valence-electron chi connectivity index (χ1n) is 9.24. The highest BCUT2D eigenvalue weighted by Crippen LogP contribution is 2.38. The van der Waals surface area contributed by atoms with Crippen LogP contribution in [0, 0.1) is 13.8 Å². The van der Waals surface area contributed by atoms with Crippen molar-refractivity contribution in [3.8, 4) is 0 Å². The molecule has 0 bridgehead atoms. The van der Waals surface area contributed by atoms with Gasteiger partial charge in [-0.2, -0.15) is 0 Å². The van der Waals surface area contributed by atoms with Gasteiger partial charge in [-0.25, -0.2) is 9.78 Å². The molecule has 1 N–H and O–H groups in total. The Kier molecular flexibility index (Phi) is 4.07. The average molecular weight is 368 g/mol. The number of fused-ring (bicyclic) bond motifs is 1. The first-order valence-corrected chi connectivity index (χ1v) is 9.24. The van der Waals surface area contributed by atoms with Gasteiger partial charge < -0.3 is 9.67 Å². The SMILES string of the molecule is Cc1ccc(Cn2c(C)nc3c2c(=O)n(CCC2(O)CC2)c(=O)n3C)cc1. The van der Waals surface area contributed by atoms with Gasteiger partial charge in [-0.15, -0.1) is 0 Å². The highest BCUT2D eigenvalue weighted by molar-refractivity contribution is 5.71. The van der Waals surface area contributed by atoms with Gasteiger partial charge in [0.15, 0.2) is 11.2 Å². The van der Waals surface area contributed by atoms with Crippen molar-refractivity contribution in [3.63, 3.8) is 0 Å². The van der Waals surface area contributed by atoms with Crippen LogP contribution in [0.1, 0.15) is 36.2 Å². The Bertz CT molecular complexity index is 1130. The van der Waals surface area contributed by atoms with Crippen LogP contribution in [0.5, 0.6) is 0 Å². The van der Waals surface area contributed by atoms with Crippen LogP contribution in [-0.2, 0) is 20.1 Å². The number of imidazole rings is 1. The zero-order chi connectivity index (χ0) is 19.3. The number of hydrogen-bond acceptors (Lipinski definition) is 4. The van der Waals surface area contributed by atoms with Crippen molar-refractivity contribution in [2.45, 2.75) is 51.8 Å². The van der Waals surface area contributed by atoms with Gasteiger partial charge in [-0.05, 0) is 38.7 Å². The maximum absolute atomic E-state index is 13.1. The van der Waals surface area contributed by atoms with Gasteiger partial charge in [0.2, 0.25) is 0 Å². The van der Waals surface area contributed by atoms with E-state index in [2.05, 4.69) is 4.98 Å². The van der Waals surface area contributed by atoms with Crippen molar-refractivity contribution in [2.75, 3.05) is 0 Å². The van der Waals surface area contributed by atoms with Gasteiger partial charge in [0.1, 0.15) is 5.82 Å². The molecule has 0 spiro atoms. The second-order valence-electron chi connectivity index (χ2n) is 7.68. The van der Waals surface area contributed by atoms with Gasteiger partial charge in [0.25, 0.3) is 5.56 Å². The molecule has 1 saturated carbocycles. The van der Waals surface area contributed by atoms with E-state index < -0.39 is 11.3 Å². The first-order chi connectivity index (χ1) is 12.8. The van der Waals surface area contributed by atoms with E-state index in [0.717, 1.165) is 18.4 Å². The number of hydrogen-bond donors (Lipinski definition) is 1. The molecule has 0 amide bonds. The van der Waals surface area contributed by atoms with Gasteiger partial charge in [0.05, 0.1) is 5.60 Å². The first kappa shape index (κ1) is 17.7. The Morgan fingerprint density at radius 3 is 2.41 bits per heavy atom. The number of aromatic nitrogens is 4. The topological polar surface area (TPSA) is 82.1 Å². The second kappa shape index (κ2) is 6.20. The van der Waals surface area contributed by atoms with E-state index in [1.54, 1.807) is 7.05 Å². The second-order valence-corrected chi connectivity index (χ2v) is 7.68. The van der Waals surface area contributed by atoms with Crippen LogP contribution in [0.2, 0.25) is 0 Å². The fraction of sp³-hybridized carbons (Fsp3) is 0.450. The summed E-state index contributed by atoms with van der Waals surface area (Å²) in [7, 11) is 1.63. The van der Waals surface area contributed by atoms with Crippen molar-refractivity contribution in [2.24, 2.45) is 7.05 Å². The Morgan fingerprint density at radius 1 is 1.11 bits per heavy atom. The summed E-state index contributed by atoms with van der Waals surface area (Å²) in [5, 5.41) is 10.1. The molecular weight excluding hydrogens is 344 g/mol. The van der Waals surface area contributed by atoms with E-state index in [9.17, 15) is 14.7 Å². The monoisotopic (exact) mass is 368 g/mol. The van der Waals surface area contributed by atoms with Crippen molar-refractivity contribution < 1.29 is 5.11 Å². The standard InChI is InChI=1S/C20H24N4O3/c1-13-4-6-15(7-5-13)12-24-14(2)21-17-16(24)18(25)23(19(26)22(17)3)11-10-20(27)8-9-20/h4-7,27H,8-12H2,1-3H3. The molecule has 2 heterocycles. The molecule has 27 heavy (non-hydrogen) atoms. The number of benzene rings is 1. The largest absolute Gasteiger partial charge is 0.390 e. The number of nitrogens with zero attached hydrogens (tertiary/aromatic N) is 4. The molecule has 142 valence electrons. The Hall–Kier alpha value is -2.67. The quantitative estimate of drug-likeness (QED) is 0.739. The summed E-state index contributed by atoms with van der Waals surface area (Å²) >= 11 is 0. The smallest absolute Gasteiger partial charge is 0.332 e. The fourth-order valence-electron chi connectivity index (χ4n) is 3.46. The Labute approximate surface area is 156 Å². The molecule has 1 aliphatic carbocycles. The summed E-state index contributed by atoms with van der Waals surface area (Å²) in [6, 6.07) is 8.13. The molecule has 0 unspecified atom stereocenters. The molecule has 1 aliphatic rings. The zero-order valence-corrected chi connectivity index (χ0v) is 15.9. The molecule has 2 aromatic heterocycles. The normalized spacial score (nSPS) is 15.4. The maximum atomic E-state index is 13.1. The van der Waals surface area contributed by atoms with E-state index in [1.165, 1.54) is 14.7 Å². The summed E-state index contributed by atoms with van der Waals surface area (Å²) in [4.78, 5) is 30.3. The zero-order valence-electron chi connectivity index (χ0n) is 15.9. The summed E-state index contributed by atoms with van der Waals surface area (Å²) < 4.78 is 4.52. The van der Waals surface area contributed by atoms with Crippen molar-refractivity contribution in [1.82, 2.24) is 18.7 Å². The lowest BCUT2D eigenvalue weighted by molar-refractivity contribution is 0.133. The summed E-state index contributed by atoms with van der Waals surface area (Å²) in [5.41, 5.74) is 1.62. The average Bonchev–Trinajstić information content (AvgIpc) is 3.28. The van der Waals surface area contributed by atoms with Crippen LogP contribution < -0.4 is 11.2 Å². The fourth-order valence-corrected chi connectivity index (χ4v) is 3.46. The van der Waals surface area contributed by atoms with Gasteiger partial charge >= 0.3 is 5.69 Å². The Morgan fingerprint density at radius 2 is 1.78 bits per heavy atom. The number of aliphatic hydroxyl groups is 1. The Balaban J connectivity index is 1.83. The third-order valence-electron chi connectivity index (χ3n) is 5.51. The predicted molar refractivity (Wildman–Crippen MR) is 103 cm³/mol. The van der Waals surface area contributed by atoms with Crippen LogP contribution in [0.15, 0.2) is 33.9 Å². The molecule has 1 aromatic carbocycles. The minimum Gasteiger partial charge on any atom is -0.390 e. The maximum Gasteiger partial charge on any atom is 0.332 e. The molecule has 0 saturated heterocycles. The van der Waals surface area contributed by atoms with E-state index in [4.69, 9.17) is 0 Å². The predicted octanol–water partition coefficient (Wildman–Crippen LogP) is 1.48. The molecule has 4 rings (SSSR count). The summed E-state index contributed by atoms with van der Waals surface area (Å²) in [6.45, 7) is 4.60. The lowest BCUT2D eigenvalue weighted by atomic mass is 10.1. The van der Waals surface area contributed by atoms with Crippen LogP contribution in [-0.4, -0.2) is 29.4 Å². The number of rotatable bonds is 5. The van der Waals surface area contributed by atoms with Crippen LogP contribution in [0.4, 0.5) is 0 Å². The molecule has 0 atom stereocenters. The van der Waals surface area contributed by atoms with E-state index >= 15 is 0 Å². The lowest BCUT2D eigenvalue weighted by Crippen LogP contribution is -2.40.